The molecule has 0 spiro atoms. The van der Waals surface area contributed by atoms with Gasteiger partial charge in [-0.15, -0.1) is 0 Å². The summed E-state index contributed by atoms with van der Waals surface area (Å²) in [5.41, 5.74) is 5.85. The van der Waals surface area contributed by atoms with E-state index < -0.39 is 10.0 Å². The summed E-state index contributed by atoms with van der Waals surface area (Å²) < 4.78 is 26.2. The van der Waals surface area contributed by atoms with E-state index in [0.29, 0.717) is 5.56 Å². The van der Waals surface area contributed by atoms with Crippen LogP contribution in [0.3, 0.4) is 0 Å². The lowest BCUT2D eigenvalue weighted by atomic mass is 10.2. The zero-order valence-electron chi connectivity index (χ0n) is 10.6. The largest absolute Gasteiger partial charge is 0.389 e. The van der Waals surface area contributed by atoms with Crippen molar-refractivity contribution in [3.8, 4) is 0 Å². The first-order valence-corrected chi connectivity index (χ1v) is 7.84. The van der Waals surface area contributed by atoms with Crippen molar-refractivity contribution in [2.45, 2.75) is 11.3 Å². The highest BCUT2D eigenvalue weighted by atomic mass is 35.5. The van der Waals surface area contributed by atoms with Crippen molar-refractivity contribution < 1.29 is 13.2 Å². The summed E-state index contributed by atoms with van der Waals surface area (Å²) in [6, 6.07) is 4.05. The van der Waals surface area contributed by atoms with Gasteiger partial charge in [-0.2, -0.15) is 0 Å². The van der Waals surface area contributed by atoms with E-state index in [2.05, 4.69) is 10.0 Å². The Morgan fingerprint density at radius 2 is 2.10 bits per heavy atom. The fourth-order valence-corrected chi connectivity index (χ4v) is 3.01. The molecule has 0 fully saturated rings. The van der Waals surface area contributed by atoms with Gasteiger partial charge >= 0.3 is 0 Å². The number of nitrogens with two attached hydrogens (primary N) is 1. The van der Waals surface area contributed by atoms with Gasteiger partial charge in [0, 0.05) is 25.6 Å². The Balaban J connectivity index is 2.85. The van der Waals surface area contributed by atoms with E-state index in [4.69, 9.17) is 29.6 Å². The van der Waals surface area contributed by atoms with Crippen molar-refractivity contribution in [2.75, 3.05) is 13.6 Å². The predicted molar refractivity (Wildman–Crippen MR) is 81.2 cm³/mol. The van der Waals surface area contributed by atoms with Gasteiger partial charge in [0.15, 0.2) is 0 Å². The Hall–Kier alpha value is -1.22. The van der Waals surface area contributed by atoms with Gasteiger partial charge in [0.05, 0.1) is 9.92 Å². The Labute approximate surface area is 127 Å². The van der Waals surface area contributed by atoms with Crippen LogP contribution in [0, 0.1) is 0 Å². The minimum absolute atomic E-state index is 0.00330. The van der Waals surface area contributed by atoms with Gasteiger partial charge < -0.3 is 11.1 Å². The summed E-state index contributed by atoms with van der Waals surface area (Å²) in [4.78, 5) is 11.1. The van der Waals surface area contributed by atoms with Crippen LogP contribution in [0.5, 0.6) is 0 Å². The van der Waals surface area contributed by atoms with E-state index in [1.807, 2.05) is 0 Å². The number of rotatable bonds is 6. The fourth-order valence-electron chi connectivity index (χ4n) is 1.37. The second-order valence-corrected chi connectivity index (χ2v) is 6.44. The maximum Gasteiger partial charge on any atom is 0.240 e. The lowest BCUT2D eigenvalue weighted by molar-refractivity contribution is -0.120. The van der Waals surface area contributed by atoms with Crippen LogP contribution < -0.4 is 15.8 Å². The molecule has 1 rings (SSSR count). The van der Waals surface area contributed by atoms with Crippen LogP contribution in [0.15, 0.2) is 23.1 Å². The zero-order chi connectivity index (χ0) is 15.3. The Bertz CT molecular complexity index is 632. The molecule has 0 bridgehead atoms. The molecule has 1 amide bonds. The van der Waals surface area contributed by atoms with Crippen molar-refractivity contribution in [2.24, 2.45) is 5.73 Å². The zero-order valence-corrected chi connectivity index (χ0v) is 13.0. The van der Waals surface area contributed by atoms with Gasteiger partial charge in [-0.1, -0.05) is 23.8 Å². The molecule has 110 valence electrons. The molecular formula is C11H14ClN3O3S2. The van der Waals surface area contributed by atoms with Gasteiger partial charge in [0.2, 0.25) is 15.9 Å². The van der Waals surface area contributed by atoms with Crippen LogP contribution in [-0.4, -0.2) is 32.9 Å². The normalized spacial score (nSPS) is 11.1. The van der Waals surface area contributed by atoms with Crippen LogP contribution >= 0.6 is 23.8 Å². The average Bonchev–Trinajstić information content (AvgIpc) is 2.37. The minimum Gasteiger partial charge on any atom is -0.389 e. The van der Waals surface area contributed by atoms with Crippen LogP contribution in [0.2, 0.25) is 5.02 Å². The third-order valence-electron chi connectivity index (χ3n) is 2.44. The molecule has 6 nitrogen and oxygen atoms in total. The molecule has 0 saturated carbocycles. The first kappa shape index (κ1) is 16.8. The molecule has 0 atom stereocenters. The lowest BCUT2D eigenvalue weighted by Crippen LogP contribution is -2.29. The molecule has 0 aliphatic rings. The number of amides is 1. The van der Waals surface area contributed by atoms with Gasteiger partial charge in [-0.3, -0.25) is 4.79 Å². The van der Waals surface area contributed by atoms with E-state index in [1.165, 1.54) is 25.2 Å². The van der Waals surface area contributed by atoms with Gasteiger partial charge in [0.25, 0.3) is 0 Å². The molecule has 20 heavy (non-hydrogen) atoms. The van der Waals surface area contributed by atoms with E-state index in [1.54, 1.807) is 0 Å². The van der Waals surface area contributed by atoms with Crippen molar-refractivity contribution in [1.29, 1.82) is 0 Å². The summed E-state index contributed by atoms with van der Waals surface area (Å²) in [5, 5.41) is 2.56. The average molecular weight is 336 g/mol. The van der Waals surface area contributed by atoms with E-state index in [-0.39, 0.29) is 33.8 Å². The van der Waals surface area contributed by atoms with Crippen LogP contribution in [0.4, 0.5) is 0 Å². The first-order chi connectivity index (χ1) is 9.27. The fraction of sp³-hybridized carbons (Fsp3) is 0.273. The van der Waals surface area contributed by atoms with Crippen molar-refractivity contribution in [1.82, 2.24) is 10.0 Å². The summed E-state index contributed by atoms with van der Waals surface area (Å²) in [7, 11) is -2.25. The number of carbonyl (C=O) groups excluding carboxylic acids is 1. The van der Waals surface area contributed by atoms with Crippen molar-refractivity contribution >= 4 is 44.7 Å². The van der Waals surface area contributed by atoms with Gasteiger partial charge in [-0.25, -0.2) is 13.1 Å². The number of hydrogen-bond donors (Lipinski definition) is 3. The molecule has 0 heterocycles. The van der Waals surface area contributed by atoms with E-state index in [0.717, 1.165) is 0 Å². The number of halogens is 1. The Morgan fingerprint density at radius 1 is 1.45 bits per heavy atom. The smallest absolute Gasteiger partial charge is 0.240 e. The monoisotopic (exact) mass is 335 g/mol. The summed E-state index contributed by atoms with van der Waals surface area (Å²) in [6.45, 7) is -0.00330. The molecule has 1 aromatic rings. The Morgan fingerprint density at radius 3 is 2.60 bits per heavy atom. The molecule has 9 heteroatoms. The van der Waals surface area contributed by atoms with Crippen LogP contribution in [0.1, 0.15) is 12.0 Å². The summed E-state index contributed by atoms with van der Waals surface area (Å²) in [5.74, 6) is -0.255. The van der Waals surface area contributed by atoms with Gasteiger partial charge in [-0.05, 0) is 18.2 Å². The number of sulfonamides is 1. The summed E-state index contributed by atoms with van der Waals surface area (Å²) >= 11 is 10.7. The maximum absolute atomic E-state index is 12.0. The maximum atomic E-state index is 12.0. The minimum atomic E-state index is -3.73. The van der Waals surface area contributed by atoms with E-state index in [9.17, 15) is 13.2 Å². The highest BCUT2D eigenvalue weighted by molar-refractivity contribution is 7.89. The second kappa shape index (κ2) is 6.98. The highest BCUT2D eigenvalue weighted by Crippen LogP contribution is 2.20. The third kappa shape index (κ3) is 4.41. The number of benzene rings is 1. The quantitative estimate of drug-likeness (QED) is 0.653. The van der Waals surface area contributed by atoms with Crippen LogP contribution in [0.25, 0.3) is 0 Å². The molecule has 0 saturated heterocycles. The van der Waals surface area contributed by atoms with Gasteiger partial charge in [0.1, 0.15) is 4.99 Å². The van der Waals surface area contributed by atoms with Crippen molar-refractivity contribution in [3.63, 3.8) is 0 Å². The molecule has 0 aliphatic heterocycles. The highest BCUT2D eigenvalue weighted by Gasteiger charge is 2.16. The molecule has 4 N–H and O–H groups in total. The van der Waals surface area contributed by atoms with Crippen LogP contribution in [-0.2, 0) is 14.8 Å². The molecular weight excluding hydrogens is 322 g/mol. The molecule has 0 aliphatic carbocycles. The SMILES string of the molecule is CNC(=O)CCNS(=O)(=O)c1ccc(C(N)=S)c(Cl)c1. The number of thiocarbonyl (C=S) groups is 1. The predicted octanol–water partition coefficient (Wildman–Crippen LogP) is 0.389. The number of carbonyl (C=O) groups is 1. The van der Waals surface area contributed by atoms with Crippen molar-refractivity contribution in [3.05, 3.63) is 28.8 Å². The standard InChI is InChI=1S/C11H14ClN3O3S2/c1-14-10(16)4-5-15-20(17,18)7-2-3-8(11(13)19)9(12)6-7/h2-3,6,15H,4-5H2,1H3,(H2,13,19)(H,14,16). The lowest BCUT2D eigenvalue weighted by Gasteiger charge is -2.08. The Kier molecular flexibility index (Phi) is 5.88. The van der Waals surface area contributed by atoms with E-state index >= 15 is 0 Å². The topological polar surface area (TPSA) is 101 Å². The molecule has 1 aromatic carbocycles. The number of nitrogens with one attached hydrogen (secondary N) is 2. The first-order valence-electron chi connectivity index (χ1n) is 5.57. The second-order valence-electron chi connectivity index (χ2n) is 3.83. The summed E-state index contributed by atoms with van der Waals surface area (Å²) in [6.07, 6.45) is 0.0500. The number of hydrogen-bond acceptors (Lipinski definition) is 4. The molecule has 0 radical (unpaired) electrons. The third-order valence-corrected chi connectivity index (χ3v) is 4.43. The molecule has 0 unspecified atom stereocenters. The molecule has 0 aromatic heterocycles.